The maximum Gasteiger partial charge on any atom is 0.232 e. The van der Waals surface area contributed by atoms with Gasteiger partial charge in [-0.05, 0) is 56.3 Å². The van der Waals surface area contributed by atoms with Crippen molar-refractivity contribution in [1.29, 1.82) is 0 Å². The number of anilines is 1. The second-order valence-corrected chi connectivity index (χ2v) is 6.43. The minimum Gasteiger partial charge on any atom is -0.325 e. The van der Waals surface area contributed by atoms with Gasteiger partial charge in [-0.2, -0.15) is 0 Å². The van der Waals surface area contributed by atoms with Crippen LogP contribution in [0, 0.1) is 25.2 Å². The van der Waals surface area contributed by atoms with E-state index in [0.717, 1.165) is 25.2 Å². The van der Waals surface area contributed by atoms with Crippen LogP contribution in [0.4, 0.5) is 5.69 Å². The van der Waals surface area contributed by atoms with Crippen LogP contribution in [0.25, 0.3) is 0 Å². The number of hydrogen-bond acceptors (Lipinski definition) is 2. The highest BCUT2D eigenvalue weighted by atomic mass is 35.5. The Bertz CT molecular complexity index is 532. The van der Waals surface area contributed by atoms with Crippen LogP contribution in [-0.4, -0.2) is 19.0 Å². The van der Waals surface area contributed by atoms with Gasteiger partial charge in [-0.1, -0.05) is 25.0 Å². The van der Waals surface area contributed by atoms with Crippen molar-refractivity contribution in [2.45, 2.75) is 39.5 Å². The molecule has 21 heavy (non-hydrogen) atoms. The molecular weight excluding hydrogens is 284 g/mol. The number of carbonyl (C=O) groups excluding carboxylic acids is 1. The molecule has 0 unspecified atom stereocenters. The minimum atomic E-state index is -0.172. The van der Waals surface area contributed by atoms with E-state index in [1.54, 1.807) is 0 Å². The average molecular weight is 309 g/mol. The molecule has 116 valence electrons. The van der Waals surface area contributed by atoms with Crippen LogP contribution in [0.15, 0.2) is 18.2 Å². The standard InChI is InChI=1S/C17H24N2O.ClH/c1-12-6-5-8-15(13(12)2)19-16(20)17-9-4-3-7-14(17)10-18-11-17;/h5-6,8,14,18H,3-4,7,9-11H2,1-2H3,(H,19,20);1H/t14-,17+;/m0./s1. The van der Waals surface area contributed by atoms with Crippen molar-refractivity contribution >= 4 is 24.0 Å². The van der Waals surface area contributed by atoms with E-state index in [1.807, 2.05) is 12.1 Å². The molecule has 1 saturated carbocycles. The number of rotatable bonds is 2. The summed E-state index contributed by atoms with van der Waals surface area (Å²) in [7, 11) is 0. The van der Waals surface area contributed by atoms with Crippen molar-refractivity contribution in [1.82, 2.24) is 5.32 Å². The molecule has 1 aliphatic heterocycles. The number of nitrogens with one attached hydrogen (secondary N) is 2. The Kier molecular flexibility index (Phi) is 4.95. The van der Waals surface area contributed by atoms with Crippen molar-refractivity contribution in [3.8, 4) is 0 Å². The third-order valence-electron chi connectivity index (χ3n) is 5.34. The molecule has 4 heteroatoms. The second-order valence-electron chi connectivity index (χ2n) is 6.43. The van der Waals surface area contributed by atoms with Gasteiger partial charge >= 0.3 is 0 Å². The molecule has 2 aliphatic rings. The summed E-state index contributed by atoms with van der Waals surface area (Å²) in [4.78, 5) is 12.9. The Morgan fingerprint density at radius 2 is 2.14 bits per heavy atom. The van der Waals surface area contributed by atoms with Crippen molar-refractivity contribution in [2.75, 3.05) is 18.4 Å². The van der Waals surface area contributed by atoms with Gasteiger partial charge in [-0.3, -0.25) is 4.79 Å². The fourth-order valence-electron chi connectivity index (χ4n) is 3.82. The highest BCUT2D eigenvalue weighted by molar-refractivity contribution is 5.96. The maximum atomic E-state index is 12.9. The lowest BCUT2D eigenvalue weighted by atomic mass is 9.67. The van der Waals surface area contributed by atoms with Gasteiger partial charge in [0.15, 0.2) is 0 Å². The van der Waals surface area contributed by atoms with Crippen LogP contribution >= 0.6 is 12.4 Å². The van der Waals surface area contributed by atoms with Gasteiger partial charge in [0.2, 0.25) is 5.91 Å². The van der Waals surface area contributed by atoms with Crippen molar-refractivity contribution in [3.63, 3.8) is 0 Å². The van der Waals surface area contributed by atoms with E-state index in [-0.39, 0.29) is 23.7 Å². The Labute approximate surface area is 133 Å². The quantitative estimate of drug-likeness (QED) is 0.878. The van der Waals surface area contributed by atoms with Gasteiger partial charge in [0, 0.05) is 12.2 Å². The van der Waals surface area contributed by atoms with Gasteiger partial charge in [0.1, 0.15) is 0 Å². The van der Waals surface area contributed by atoms with Crippen LogP contribution < -0.4 is 10.6 Å². The topological polar surface area (TPSA) is 41.1 Å². The predicted molar refractivity (Wildman–Crippen MR) is 89.1 cm³/mol. The first-order valence-electron chi connectivity index (χ1n) is 7.72. The van der Waals surface area contributed by atoms with E-state index < -0.39 is 0 Å². The molecule has 1 aromatic rings. The van der Waals surface area contributed by atoms with Gasteiger partial charge in [-0.15, -0.1) is 12.4 Å². The average Bonchev–Trinajstić information content (AvgIpc) is 2.89. The van der Waals surface area contributed by atoms with Crippen LogP contribution in [0.5, 0.6) is 0 Å². The maximum absolute atomic E-state index is 12.9. The molecule has 0 spiro atoms. The number of halogens is 1. The Morgan fingerprint density at radius 1 is 1.33 bits per heavy atom. The SMILES string of the molecule is Cc1cccc(NC(=O)[C@@]23CCCC[C@H]2CNC3)c1C.Cl. The van der Waals surface area contributed by atoms with E-state index in [2.05, 4.69) is 30.5 Å². The zero-order valence-corrected chi connectivity index (χ0v) is 13.7. The third-order valence-corrected chi connectivity index (χ3v) is 5.34. The van der Waals surface area contributed by atoms with Gasteiger partial charge in [0.25, 0.3) is 0 Å². The molecule has 1 aliphatic carbocycles. The van der Waals surface area contributed by atoms with Crippen LogP contribution in [0.3, 0.4) is 0 Å². The van der Waals surface area contributed by atoms with Gasteiger partial charge in [0.05, 0.1) is 5.41 Å². The molecule has 3 rings (SSSR count). The smallest absolute Gasteiger partial charge is 0.232 e. The highest BCUT2D eigenvalue weighted by Gasteiger charge is 2.49. The molecule has 0 radical (unpaired) electrons. The predicted octanol–water partition coefficient (Wildman–Crippen LogP) is 3.44. The van der Waals surface area contributed by atoms with E-state index in [1.165, 1.54) is 30.4 Å². The minimum absolute atomic E-state index is 0. The number of carbonyl (C=O) groups is 1. The largest absolute Gasteiger partial charge is 0.325 e. The summed E-state index contributed by atoms with van der Waals surface area (Å²) in [5.41, 5.74) is 3.20. The first kappa shape index (κ1) is 16.3. The zero-order valence-electron chi connectivity index (χ0n) is 12.9. The summed E-state index contributed by atoms with van der Waals surface area (Å²) >= 11 is 0. The Morgan fingerprint density at radius 3 is 2.95 bits per heavy atom. The molecule has 0 aromatic heterocycles. The fraction of sp³-hybridized carbons (Fsp3) is 0.588. The fourth-order valence-corrected chi connectivity index (χ4v) is 3.82. The summed E-state index contributed by atoms with van der Waals surface area (Å²) in [6, 6.07) is 6.11. The summed E-state index contributed by atoms with van der Waals surface area (Å²) in [6.07, 6.45) is 4.66. The highest BCUT2D eigenvalue weighted by Crippen LogP contribution is 2.44. The molecule has 2 N–H and O–H groups in total. The zero-order chi connectivity index (χ0) is 14.2. The number of aryl methyl sites for hydroxylation is 1. The summed E-state index contributed by atoms with van der Waals surface area (Å²) in [6.45, 7) is 6.01. The van der Waals surface area contributed by atoms with Crippen molar-refractivity contribution in [2.24, 2.45) is 11.3 Å². The van der Waals surface area contributed by atoms with Gasteiger partial charge in [-0.25, -0.2) is 0 Å². The van der Waals surface area contributed by atoms with Crippen LogP contribution in [-0.2, 0) is 4.79 Å². The molecule has 2 fully saturated rings. The van der Waals surface area contributed by atoms with Gasteiger partial charge < -0.3 is 10.6 Å². The first-order valence-corrected chi connectivity index (χ1v) is 7.72. The van der Waals surface area contributed by atoms with Crippen LogP contribution in [0.1, 0.15) is 36.8 Å². The molecular formula is C17H25ClN2O. The molecule has 1 heterocycles. The normalized spacial score (nSPS) is 27.6. The third kappa shape index (κ3) is 2.82. The number of fused-ring (bicyclic) bond motifs is 1. The molecule has 0 bridgehead atoms. The molecule has 1 saturated heterocycles. The summed E-state index contributed by atoms with van der Waals surface area (Å²) in [5, 5.41) is 6.64. The van der Waals surface area contributed by atoms with E-state index in [4.69, 9.17) is 0 Å². The monoisotopic (exact) mass is 308 g/mol. The molecule has 1 aromatic carbocycles. The van der Waals surface area contributed by atoms with E-state index in [9.17, 15) is 4.79 Å². The Balaban J connectivity index is 0.00000161. The first-order chi connectivity index (χ1) is 9.63. The van der Waals surface area contributed by atoms with E-state index in [0.29, 0.717) is 5.92 Å². The number of benzene rings is 1. The number of hydrogen-bond donors (Lipinski definition) is 2. The molecule has 3 nitrogen and oxygen atoms in total. The van der Waals surface area contributed by atoms with Crippen molar-refractivity contribution in [3.05, 3.63) is 29.3 Å². The lowest BCUT2D eigenvalue weighted by molar-refractivity contribution is -0.128. The molecule has 2 atom stereocenters. The Hall–Kier alpha value is -1.06. The van der Waals surface area contributed by atoms with E-state index >= 15 is 0 Å². The second kappa shape index (κ2) is 6.37. The van der Waals surface area contributed by atoms with Crippen LogP contribution in [0.2, 0.25) is 0 Å². The molecule has 1 amide bonds. The summed E-state index contributed by atoms with van der Waals surface area (Å²) < 4.78 is 0. The summed E-state index contributed by atoms with van der Waals surface area (Å²) in [5.74, 6) is 0.738. The van der Waals surface area contributed by atoms with Crippen molar-refractivity contribution < 1.29 is 4.79 Å². The lowest BCUT2D eigenvalue weighted by Crippen LogP contribution is -2.44. The lowest BCUT2D eigenvalue weighted by Gasteiger charge is -2.37. The number of amides is 1.